The van der Waals surface area contributed by atoms with E-state index in [1.165, 1.54) is 0 Å². The Balaban J connectivity index is 1.96. The van der Waals surface area contributed by atoms with Gasteiger partial charge in [-0.25, -0.2) is 0 Å². The van der Waals surface area contributed by atoms with E-state index in [-0.39, 0.29) is 12.3 Å². The van der Waals surface area contributed by atoms with Gasteiger partial charge in [-0.2, -0.15) is 0 Å². The van der Waals surface area contributed by atoms with Crippen LogP contribution in [0.1, 0.15) is 15.9 Å². The van der Waals surface area contributed by atoms with Gasteiger partial charge in [0, 0.05) is 16.3 Å². The lowest BCUT2D eigenvalue weighted by molar-refractivity contribution is -0.115. The third-order valence-corrected chi connectivity index (χ3v) is 2.86. The SMILES string of the molecule is O=Cc1ccc(NC(=O)Cc2ccc(Cl)cc2)cc1. The molecule has 19 heavy (non-hydrogen) atoms. The summed E-state index contributed by atoms with van der Waals surface area (Å²) >= 11 is 5.78. The molecule has 0 aliphatic heterocycles. The van der Waals surface area contributed by atoms with E-state index in [4.69, 9.17) is 11.6 Å². The summed E-state index contributed by atoms with van der Waals surface area (Å²) in [4.78, 5) is 22.3. The first-order chi connectivity index (χ1) is 9.17. The molecule has 0 aromatic heterocycles. The van der Waals surface area contributed by atoms with Crippen molar-refractivity contribution in [2.24, 2.45) is 0 Å². The molecule has 0 atom stereocenters. The summed E-state index contributed by atoms with van der Waals surface area (Å²) in [5, 5.41) is 3.42. The van der Waals surface area contributed by atoms with Gasteiger partial charge in [0.2, 0.25) is 5.91 Å². The van der Waals surface area contributed by atoms with E-state index in [1.807, 2.05) is 12.1 Å². The van der Waals surface area contributed by atoms with Gasteiger partial charge in [-0.1, -0.05) is 23.7 Å². The zero-order valence-electron chi connectivity index (χ0n) is 10.1. The number of amides is 1. The number of anilines is 1. The second kappa shape index (κ2) is 6.16. The second-order valence-electron chi connectivity index (χ2n) is 4.09. The number of carbonyl (C=O) groups is 2. The average molecular weight is 274 g/mol. The molecule has 96 valence electrons. The third kappa shape index (κ3) is 3.93. The number of carbonyl (C=O) groups excluding carboxylic acids is 2. The highest BCUT2D eigenvalue weighted by molar-refractivity contribution is 6.30. The molecule has 4 heteroatoms. The summed E-state index contributed by atoms with van der Waals surface area (Å²) in [7, 11) is 0. The molecule has 2 aromatic carbocycles. The molecule has 0 radical (unpaired) electrons. The van der Waals surface area contributed by atoms with Gasteiger partial charge < -0.3 is 5.32 Å². The minimum Gasteiger partial charge on any atom is -0.326 e. The summed E-state index contributed by atoms with van der Waals surface area (Å²) in [5.74, 6) is -0.110. The molecule has 0 unspecified atom stereocenters. The van der Waals surface area contributed by atoms with Crippen LogP contribution < -0.4 is 5.32 Å². The van der Waals surface area contributed by atoms with Gasteiger partial charge in [0.1, 0.15) is 6.29 Å². The number of hydrogen-bond donors (Lipinski definition) is 1. The lowest BCUT2D eigenvalue weighted by Crippen LogP contribution is -2.14. The summed E-state index contributed by atoms with van der Waals surface area (Å²) in [6.45, 7) is 0. The number of nitrogens with one attached hydrogen (secondary N) is 1. The van der Waals surface area contributed by atoms with Gasteiger partial charge in [0.05, 0.1) is 6.42 Å². The van der Waals surface area contributed by atoms with Gasteiger partial charge >= 0.3 is 0 Å². The highest BCUT2D eigenvalue weighted by Gasteiger charge is 2.04. The van der Waals surface area contributed by atoms with Crippen LogP contribution in [-0.4, -0.2) is 12.2 Å². The summed E-state index contributed by atoms with van der Waals surface area (Å²) in [6.07, 6.45) is 1.05. The van der Waals surface area contributed by atoms with Crippen LogP contribution in [0, 0.1) is 0 Å². The molecule has 1 N–H and O–H groups in total. The van der Waals surface area contributed by atoms with E-state index in [2.05, 4.69) is 5.32 Å². The highest BCUT2D eigenvalue weighted by Crippen LogP contribution is 2.12. The first-order valence-electron chi connectivity index (χ1n) is 5.77. The Labute approximate surface area is 116 Å². The zero-order chi connectivity index (χ0) is 13.7. The van der Waals surface area contributed by atoms with Crippen molar-refractivity contribution in [3.8, 4) is 0 Å². The lowest BCUT2D eigenvalue weighted by atomic mass is 10.1. The predicted molar refractivity (Wildman–Crippen MR) is 75.6 cm³/mol. The molecule has 0 bridgehead atoms. The maximum Gasteiger partial charge on any atom is 0.228 e. The van der Waals surface area contributed by atoms with Crippen LogP contribution in [0.3, 0.4) is 0 Å². The minimum absolute atomic E-state index is 0.110. The Kier molecular flexibility index (Phi) is 4.31. The van der Waals surface area contributed by atoms with Crippen LogP contribution in [0.2, 0.25) is 5.02 Å². The van der Waals surface area contributed by atoms with E-state index in [0.717, 1.165) is 11.8 Å². The minimum atomic E-state index is -0.110. The fourth-order valence-corrected chi connectivity index (χ4v) is 1.76. The smallest absolute Gasteiger partial charge is 0.228 e. The fraction of sp³-hybridized carbons (Fsp3) is 0.0667. The van der Waals surface area contributed by atoms with Crippen molar-refractivity contribution in [1.29, 1.82) is 0 Å². The molecule has 0 saturated carbocycles. The molecule has 3 nitrogen and oxygen atoms in total. The normalized spacial score (nSPS) is 9.95. The molecular weight excluding hydrogens is 262 g/mol. The van der Waals surface area contributed by atoms with Crippen molar-refractivity contribution in [3.05, 3.63) is 64.7 Å². The van der Waals surface area contributed by atoms with E-state index >= 15 is 0 Å². The Morgan fingerprint density at radius 1 is 1.05 bits per heavy atom. The Hall–Kier alpha value is -2.13. The van der Waals surface area contributed by atoms with Gasteiger partial charge in [0.25, 0.3) is 0 Å². The molecule has 0 spiro atoms. The Morgan fingerprint density at radius 2 is 1.68 bits per heavy atom. The number of rotatable bonds is 4. The highest BCUT2D eigenvalue weighted by atomic mass is 35.5. The number of benzene rings is 2. The zero-order valence-corrected chi connectivity index (χ0v) is 10.9. The number of aldehydes is 1. The lowest BCUT2D eigenvalue weighted by Gasteiger charge is -2.05. The van der Waals surface area contributed by atoms with Crippen LogP contribution in [0.4, 0.5) is 5.69 Å². The number of hydrogen-bond acceptors (Lipinski definition) is 2. The van der Waals surface area contributed by atoms with Crippen LogP contribution >= 0.6 is 11.6 Å². The van der Waals surface area contributed by atoms with Crippen LogP contribution in [0.15, 0.2) is 48.5 Å². The quantitative estimate of drug-likeness (QED) is 0.869. The van der Waals surface area contributed by atoms with Crippen LogP contribution in [0.25, 0.3) is 0 Å². The van der Waals surface area contributed by atoms with Crippen LogP contribution in [0.5, 0.6) is 0 Å². The monoisotopic (exact) mass is 273 g/mol. The van der Waals surface area contributed by atoms with E-state index in [1.54, 1.807) is 36.4 Å². The molecule has 0 heterocycles. The van der Waals surface area contributed by atoms with Crippen molar-refractivity contribution < 1.29 is 9.59 Å². The maximum atomic E-state index is 11.8. The van der Waals surface area contributed by atoms with Crippen molar-refractivity contribution >= 4 is 29.5 Å². The first kappa shape index (κ1) is 13.3. The first-order valence-corrected chi connectivity index (χ1v) is 6.15. The standard InChI is InChI=1S/C15H12ClNO2/c16-13-5-1-11(2-6-13)9-15(19)17-14-7-3-12(10-18)4-8-14/h1-8,10H,9H2,(H,17,19). The molecule has 2 aromatic rings. The van der Waals surface area contributed by atoms with Gasteiger partial charge in [-0.3, -0.25) is 9.59 Å². The topological polar surface area (TPSA) is 46.2 Å². The molecule has 0 aliphatic carbocycles. The Morgan fingerprint density at radius 3 is 2.26 bits per heavy atom. The summed E-state index contributed by atoms with van der Waals surface area (Å²) in [5.41, 5.74) is 2.15. The molecular formula is C15H12ClNO2. The van der Waals surface area contributed by atoms with Crippen molar-refractivity contribution in [2.45, 2.75) is 6.42 Å². The molecule has 0 saturated heterocycles. The molecule has 0 fully saturated rings. The summed E-state index contributed by atoms with van der Waals surface area (Å²) in [6, 6.07) is 13.9. The van der Waals surface area contributed by atoms with Crippen molar-refractivity contribution in [1.82, 2.24) is 0 Å². The third-order valence-electron chi connectivity index (χ3n) is 2.61. The van der Waals surface area contributed by atoms with Crippen molar-refractivity contribution in [3.63, 3.8) is 0 Å². The van der Waals surface area contributed by atoms with E-state index in [9.17, 15) is 9.59 Å². The second-order valence-corrected chi connectivity index (χ2v) is 4.53. The number of halogens is 1. The van der Waals surface area contributed by atoms with Gasteiger partial charge in [-0.05, 0) is 42.0 Å². The Bertz CT molecular complexity index is 576. The average Bonchev–Trinajstić information content (AvgIpc) is 2.42. The predicted octanol–water partition coefficient (Wildman–Crippen LogP) is 3.33. The van der Waals surface area contributed by atoms with E-state index in [0.29, 0.717) is 16.3 Å². The molecule has 1 amide bonds. The largest absolute Gasteiger partial charge is 0.326 e. The van der Waals surface area contributed by atoms with E-state index < -0.39 is 0 Å². The maximum absolute atomic E-state index is 11.8. The summed E-state index contributed by atoms with van der Waals surface area (Å²) < 4.78 is 0. The molecule has 0 aliphatic rings. The van der Waals surface area contributed by atoms with Crippen LogP contribution in [-0.2, 0) is 11.2 Å². The van der Waals surface area contributed by atoms with Gasteiger partial charge in [0.15, 0.2) is 0 Å². The molecule has 2 rings (SSSR count). The van der Waals surface area contributed by atoms with Gasteiger partial charge in [-0.15, -0.1) is 0 Å². The fourth-order valence-electron chi connectivity index (χ4n) is 1.64. The van der Waals surface area contributed by atoms with Crippen molar-refractivity contribution in [2.75, 3.05) is 5.32 Å².